The van der Waals surface area contributed by atoms with Crippen molar-refractivity contribution in [3.8, 4) is 0 Å². The molecule has 110 valence electrons. The predicted molar refractivity (Wildman–Crippen MR) is 79.6 cm³/mol. The minimum absolute atomic E-state index is 0.0460. The number of urea groups is 1. The molecule has 1 aromatic carbocycles. The van der Waals surface area contributed by atoms with Crippen LogP contribution in [0.25, 0.3) is 0 Å². The molecule has 3 atom stereocenters. The van der Waals surface area contributed by atoms with Gasteiger partial charge in [-0.3, -0.25) is 0 Å². The van der Waals surface area contributed by atoms with Gasteiger partial charge in [0.25, 0.3) is 0 Å². The molecule has 0 aliphatic carbocycles. The van der Waals surface area contributed by atoms with Gasteiger partial charge in [-0.2, -0.15) is 0 Å². The van der Waals surface area contributed by atoms with Gasteiger partial charge < -0.3 is 20.7 Å². The molecule has 0 bridgehead atoms. The lowest BCUT2D eigenvalue weighted by atomic mass is 10.1. The van der Waals surface area contributed by atoms with Crippen LogP contribution in [0.2, 0.25) is 0 Å². The van der Waals surface area contributed by atoms with E-state index in [1.54, 1.807) is 4.90 Å². The molecule has 2 amide bonds. The van der Waals surface area contributed by atoms with Crippen LogP contribution in [-0.4, -0.2) is 36.2 Å². The van der Waals surface area contributed by atoms with Crippen molar-refractivity contribution >= 4 is 11.7 Å². The molecule has 20 heavy (non-hydrogen) atoms. The van der Waals surface area contributed by atoms with E-state index >= 15 is 0 Å². The molecule has 1 saturated heterocycles. The van der Waals surface area contributed by atoms with Crippen molar-refractivity contribution in [3.05, 3.63) is 29.8 Å². The fourth-order valence-electron chi connectivity index (χ4n) is 2.45. The third-order valence-electron chi connectivity index (χ3n) is 3.37. The van der Waals surface area contributed by atoms with E-state index in [1.807, 2.05) is 45.0 Å². The van der Waals surface area contributed by atoms with Crippen molar-refractivity contribution < 1.29 is 9.53 Å². The second-order valence-corrected chi connectivity index (χ2v) is 5.51. The van der Waals surface area contributed by atoms with Crippen LogP contribution >= 0.6 is 0 Å². The Balaban J connectivity index is 2.02. The molecule has 1 aromatic rings. The Labute approximate surface area is 120 Å². The SMILES string of the molecule is CC1CN(C(=O)Nc2cccc(C(C)N)c2)CC(C)O1. The Morgan fingerprint density at radius 3 is 2.65 bits per heavy atom. The summed E-state index contributed by atoms with van der Waals surface area (Å²) in [5, 5.41) is 2.92. The van der Waals surface area contributed by atoms with Crippen molar-refractivity contribution in [1.82, 2.24) is 4.90 Å². The van der Waals surface area contributed by atoms with Crippen LogP contribution in [0.15, 0.2) is 24.3 Å². The van der Waals surface area contributed by atoms with Gasteiger partial charge in [0, 0.05) is 24.8 Å². The normalized spacial score (nSPS) is 24.3. The van der Waals surface area contributed by atoms with E-state index in [-0.39, 0.29) is 24.3 Å². The molecule has 5 heteroatoms. The van der Waals surface area contributed by atoms with Crippen molar-refractivity contribution in [2.24, 2.45) is 5.73 Å². The zero-order valence-corrected chi connectivity index (χ0v) is 12.3. The number of morpholine rings is 1. The highest BCUT2D eigenvalue weighted by Crippen LogP contribution is 2.17. The number of nitrogens with one attached hydrogen (secondary N) is 1. The smallest absolute Gasteiger partial charge is 0.322 e. The van der Waals surface area contributed by atoms with Gasteiger partial charge in [-0.1, -0.05) is 12.1 Å². The molecule has 3 unspecified atom stereocenters. The van der Waals surface area contributed by atoms with Crippen LogP contribution in [0.5, 0.6) is 0 Å². The van der Waals surface area contributed by atoms with Crippen LogP contribution < -0.4 is 11.1 Å². The van der Waals surface area contributed by atoms with Crippen LogP contribution in [0.3, 0.4) is 0 Å². The van der Waals surface area contributed by atoms with E-state index < -0.39 is 0 Å². The first-order valence-corrected chi connectivity index (χ1v) is 7.02. The van der Waals surface area contributed by atoms with E-state index in [0.717, 1.165) is 11.3 Å². The molecule has 0 radical (unpaired) electrons. The number of ether oxygens (including phenoxy) is 1. The quantitative estimate of drug-likeness (QED) is 0.872. The number of nitrogens with zero attached hydrogens (tertiary/aromatic N) is 1. The Kier molecular flexibility index (Phi) is 4.62. The van der Waals surface area contributed by atoms with Gasteiger partial charge in [-0.25, -0.2) is 4.79 Å². The number of anilines is 1. The molecule has 0 saturated carbocycles. The minimum atomic E-state index is -0.0891. The fourth-order valence-corrected chi connectivity index (χ4v) is 2.45. The summed E-state index contributed by atoms with van der Waals surface area (Å²) in [6.45, 7) is 7.11. The number of amides is 2. The molecular weight excluding hydrogens is 254 g/mol. The second-order valence-electron chi connectivity index (χ2n) is 5.51. The first kappa shape index (κ1) is 14.8. The third-order valence-corrected chi connectivity index (χ3v) is 3.37. The summed E-state index contributed by atoms with van der Waals surface area (Å²) < 4.78 is 5.63. The van der Waals surface area contributed by atoms with E-state index in [1.165, 1.54) is 0 Å². The maximum atomic E-state index is 12.3. The largest absolute Gasteiger partial charge is 0.372 e. The van der Waals surface area contributed by atoms with Gasteiger partial charge in [0.05, 0.1) is 12.2 Å². The third kappa shape index (κ3) is 3.71. The molecule has 1 aliphatic heterocycles. The van der Waals surface area contributed by atoms with E-state index in [4.69, 9.17) is 10.5 Å². The zero-order valence-electron chi connectivity index (χ0n) is 12.3. The summed E-state index contributed by atoms with van der Waals surface area (Å²) in [4.78, 5) is 14.1. The van der Waals surface area contributed by atoms with Crippen LogP contribution in [0.1, 0.15) is 32.4 Å². The van der Waals surface area contributed by atoms with Crippen LogP contribution in [-0.2, 0) is 4.74 Å². The highest BCUT2D eigenvalue weighted by Gasteiger charge is 2.25. The number of hydrogen-bond donors (Lipinski definition) is 2. The summed E-state index contributed by atoms with van der Waals surface area (Å²) >= 11 is 0. The van der Waals surface area contributed by atoms with Gasteiger partial charge in [-0.05, 0) is 38.5 Å². The number of rotatable bonds is 2. The average Bonchev–Trinajstić information content (AvgIpc) is 2.37. The molecule has 0 spiro atoms. The summed E-state index contributed by atoms with van der Waals surface area (Å²) in [6.07, 6.45) is 0.139. The van der Waals surface area contributed by atoms with E-state index in [2.05, 4.69) is 5.32 Å². The molecule has 0 aromatic heterocycles. The molecule has 1 fully saturated rings. The summed E-state index contributed by atoms with van der Waals surface area (Å²) in [6, 6.07) is 7.51. The summed E-state index contributed by atoms with van der Waals surface area (Å²) in [5.41, 5.74) is 7.63. The second kappa shape index (κ2) is 6.24. The minimum Gasteiger partial charge on any atom is -0.372 e. The molecule has 1 aliphatic rings. The zero-order chi connectivity index (χ0) is 14.7. The first-order chi connectivity index (χ1) is 9.45. The topological polar surface area (TPSA) is 67.6 Å². The Hall–Kier alpha value is -1.59. The van der Waals surface area contributed by atoms with Gasteiger partial charge in [0.15, 0.2) is 0 Å². The predicted octanol–water partition coefficient (Wildman–Crippen LogP) is 2.35. The van der Waals surface area contributed by atoms with Gasteiger partial charge >= 0.3 is 6.03 Å². The molecule has 3 N–H and O–H groups in total. The van der Waals surface area contributed by atoms with Gasteiger partial charge in [-0.15, -0.1) is 0 Å². The highest BCUT2D eigenvalue weighted by atomic mass is 16.5. The average molecular weight is 277 g/mol. The maximum absolute atomic E-state index is 12.3. The number of hydrogen-bond acceptors (Lipinski definition) is 3. The standard InChI is InChI=1S/C15H23N3O2/c1-10-8-18(9-11(2)20-10)15(19)17-14-6-4-5-13(7-14)12(3)16/h4-7,10-12H,8-9,16H2,1-3H3,(H,17,19). The van der Waals surface area contributed by atoms with Gasteiger partial charge in [0.2, 0.25) is 0 Å². The molecule has 1 heterocycles. The van der Waals surface area contributed by atoms with Gasteiger partial charge in [0.1, 0.15) is 0 Å². The fraction of sp³-hybridized carbons (Fsp3) is 0.533. The lowest BCUT2D eigenvalue weighted by molar-refractivity contribution is -0.0530. The van der Waals surface area contributed by atoms with E-state index in [9.17, 15) is 4.79 Å². The molecule has 2 rings (SSSR count). The number of benzene rings is 1. The van der Waals surface area contributed by atoms with E-state index in [0.29, 0.717) is 13.1 Å². The van der Waals surface area contributed by atoms with Crippen molar-refractivity contribution in [1.29, 1.82) is 0 Å². The van der Waals surface area contributed by atoms with Crippen LogP contribution in [0, 0.1) is 0 Å². The Morgan fingerprint density at radius 2 is 2.05 bits per heavy atom. The summed E-state index contributed by atoms with van der Waals surface area (Å²) in [7, 11) is 0. The number of nitrogens with two attached hydrogens (primary N) is 1. The Bertz CT molecular complexity index is 466. The lowest BCUT2D eigenvalue weighted by Crippen LogP contribution is -2.49. The number of carbonyl (C=O) groups is 1. The monoisotopic (exact) mass is 277 g/mol. The van der Waals surface area contributed by atoms with Crippen molar-refractivity contribution in [2.45, 2.75) is 39.0 Å². The molecular formula is C15H23N3O2. The highest BCUT2D eigenvalue weighted by molar-refractivity contribution is 5.89. The lowest BCUT2D eigenvalue weighted by Gasteiger charge is -2.35. The Morgan fingerprint density at radius 1 is 1.40 bits per heavy atom. The first-order valence-electron chi connectivity index (χ1n) is 7.02. The van der Waals surface area contributed by atoms with Crippen molar-refractivity contribution in [2.75, 3.05) is 18.4 Å². The number of carbonyl (C=O) groups excluding carboxylic acids is 1. The summed E-state index contributed by atoms with van der Waals surface area (Å²) in [5.74, 6) is 0. The maximum Gasteiger partial charge on any atom is 0.322 e. The van der Waals surface area contributed by atoms with Crippen molar-refractivity contribution in [3.63, 3.8) is 0 Å². The molecule has 5 nitrogen and oxygen atoms in total. The van der Waals surface area contributed by atoms with Crippen LogP contribution in [0.4, 0.5) is 10.5 Å².